The average molecular weight is 276 g/mol. The van der Waals surface area contributed by atoms with Crippen LogP contribution in [0.4, 0.5) is 5.69 Å². The third-order valence-electron chi connectivity index (χ3n) is 3.33. The van der Waals surface area contributed by atoms with Gasteiger partial charge in [-0.2, -0.15) is 0 Å². The lowest BCUT2D eigenvalue weighted by atomic mass is 10.0. The lowest BCUT2D eigenvalue weighted by Gasteiger charge is -2.26. The predicted molar refractivity (Wildman–Crippen MR) is 81.9 cm³/mol. The zero-order valence-electron chi connectivity index (χ0n) is 12.8. The molecular formula is C16H24N2O2. The Balaban J connectivity index is 2.91. The molecule has 4 nitrogen and oxygen atoms in total. The Bertz CT molecular complexity index is 483. The van der Waals surface area contributed by atoms with E-state index in [1.807, 2.05) is 32.0 Å². The Hall–Kier alpha value is -1.84. The maximum absolute atomic E-state index is 11.9. The number of hydrogen-bond donors (Lipinski definition) is 1. The minimum absolute atomic E-state index is 0.000234. The molecule has 0 radical (unpaired) electrons. The smallest absolute Gasteiger partial charge is 0.223 e. The number of carbonyl (C=O) groups is 2. The number of amides is 2. The van der Waals surface area contributed by atoms with Gasteiger partial charge in [-0.25, -0.2) is 0 Å². The van der Waals surface area contributed by atoms with Crippen molar-refractivity contribution in [1.82, 2.24) is 5.32 Å². The Morgan fingerprint density at radius 1 is 1.25 bits per heavy atom. The summed E-state index contributed by atoms with van der Waals surface area (Å²) in [5.41, 5.74) is 3.22. The Kier molecular flexibility index (Phi) is 6.22. The third-order valence-corrected chi connectivity index (χ3v) is 3.33. The van der Waals surface area contributed by atoms with Crippen LogP contribution in [0.1, 0.15) is 38.3 Å². The first-order chi connectivity index (χ1) is 9.51. The van der Waals surface area contributed by atoms with Crippen molar-refractivity contribution in [2.75, 3.05) is 18.0 Å². The molecule has 20 heavy (non-hydrogen) atoms. The van der Waals surface area contributed by atoms with Crippen molar-refractivity contribution in [3.05, 3.63) is 29.3 Å². The summed E-state index contributed by atoms with van der Waals surface area (Å²) in [7, 11) is 0. The molecule has 0 aliphatic rings. The summed E-state index contributed by atoms with van der Waals surface area (Å²) in [5.74, 6) is 0.00810. The maximum Gasteiger partial charge on any atom is 0.223 e. The van der Waals surface area contributed by atoms with Gasteiger partial charge in [-0.05, 0) is 24.5 Å². The minimum Gasteiger partial charge on any atom is -0.354 e. The zero-order chi connectivity index (χ0) is 15.1. The summed E-state index contributed by atoms with van der Waals surface area (Å²) in [6.07, 6.45) is 1.34. The molecule has 4 heteroatoms. The van der Waals surface area contributed by atoms with E-state index in [0.29, 0.717) is 19.5 Å². The quantitative estimate of drug-likeness (QED) is 0.867. The number of benzene rings is 1. The lowest BCUT2D eigenvalue weighted by molar-refractivity contribution is -0.121. The zero-order valence-corrected chi connectivity index (χ0v) is 12.8. The van der Waals surface area contributed by atoms with Crippen LogP contribution in [0, 0.1) is 6.92 Å². The van der Waals surface area contributed by atoms with Gasteiger partial charge in [0, 0.05) is 32.1 Å². The van der Waals surface area contributed by atoms with E-state index in [1.54, 1.807) is 11.8 Å². The lowest BCUT2D eigenvalue weighted by Crippen LogP contribution is -2.38. The molecule has 0 saturated carbocycles. The summed E-state index contributed by atoms with van der Waals surface area (Å²) in [6, 6.07) is 6.06. The summed E-state index contributed by atoms with van der Waals surface area (Å²) in [5, 5.41) is 2.81. The van der Waals surface area contributed by atoms with Crippen LogP contribution in [0.2, 0.25) is 0 Å². The highest BCUT2D eigenvalue weighted by molar-refractivity contribution is 5.93. The van der Waals surface area contributed by atoms with Gasteiger partial charge >= 0.3 is 0 Å². The first kappa shape index (κ1) is 16.2. The van der Waals surface area contributed by atoms with Crippen LogP contribution in [-0.2, 0) is 16.0 Å². The summed E-state index contributed by atoms with van der Waals surface area (Å²) in [4.78, 5) is 25.0. The van der Waals surface area contributed by atoms with Crippen LogP contribution < -0.4 is 10.2 Å². The highest BCUT2D eigenvalue weighted by Gasteiger charge is 2.16. The van der Waals surface area contributed by atoms with Gasteiger partial charge in [0.1, 0.15) is 0 Å². The molecule has 2 amide bonds. The monoisotopic (exact) mass is 276 g/mol. The van der Waals surface area contributed by atoms with Crippen molar-refractivity contribution < 1.29 is 9.59 Å². The van der Waals surface area contributed by atoms with Gasteiger partial charge in [0.2, 0.25) is 11.8 Å². The van der Waals surface area contributed by atoms with Gasteiger partial charge in [0.25, 0.3) is 0 Å². The van der Waals surface area contributed by atoms with Gasteiger partial charge < -0.3 is 10.2 Å². The molecule has 0 heterocycles. The average Bonchev–Trinajstić information content (AvgIpc) is 2.43. The maximum atomic E-state index is 11.9. The Labute approximate surface area is 121 Å². The van der Waals surface area contributed by atoms with Gasteiger partial charge in [-0.1, -0.05) is 32.0 Å². The molecular weight excluding hydrogens is 252 g/mol. The van der Waals surface area contributed by atoms with E-state index in [4.69, 9.17) is 0 Å². The van der Waals surface area contributed by atoms with Crippen LogP contribution in [0.3, 0.4) is 0 Å². The van der Waals surface area contributed by atoms with E-state index in [9.17, 15) is 9.59 Å². The van der Waals surface area contributed by atoms with Crippen molar-refractivity contribution in [1.29, 1.82) is 0 Å². The molecule has 0 aromatic heterocycles. The number of nitrogens with one attached hydrogen (secondary N) is 1. The molecule has 0 aliphatic carbocycles. The number of para-hydroxylation sites is 1. The Morgan fingerprint density at radius 2 is 1.95 bits per heavy atom. The van der Waals surface area contributed by atoms with Gasteiger partial charge in [-0.15, -0.1) is 0 Å². The molecule has 1 rings (SSSR count). The summed E-state index contributed by atoms with van der Waals surface area (Å²) >= 11 is 0. The number of aryl methyl sites for hydroxylation is 2. The second-order valence-electron chi connectivity index (χ2n) is 4.81. The molecule has 0 aliphatic heterocycles. The molecule has 0 bridgehead atoms. The molecule has 0 fully saturated rings. The first-order valence-electron chi connectivity index (χ1n) is 7.14. The molecule has 0 spiro atoms. The molecule has 1 N–H and O–H groups in total. The van der Waals surface area contributed by atoms with Crippen LogP contribution in [0.25, 0.3) is 0 Å². The van der Waals surface area contributed by atoms with E-state index in [2.05, 4.69) is 12.2 Å². The van der Waals surface area contributed by atoms with Gasteiger partial charge in [0.15, 0.2) is 0 Å². The van der Waals surface area contributed by atoms with Crippen molar-refractivity contribution in [3.8, 4) is 0 Å². The molecule has 1 aromatic rings. The first-order valence-corrected chi connectivity index (χ1v) is 7.14. The normalized spacial score (nSPS) is 10.2. The number of hydrogen-bond acceptors (Lipinski definition) is 2. The van der Waals surface area contributed by atoms with Crippen LogP contribution in [-0.4, -0.2) is 24.9 Å². The fourth-order valence-electron chi connectivity index (χ4n) is 2.25. The highest BCUT2D eigenvalue weighted by atomic mass is 16.2. The topological polar surface area (TPSA) is 49.4 Å². The standard InChI is InChI=1S/C16H24N2O2/c1-5-14-9-7-8-12(3)16(14)18(13(4)19)11-10-17-15(20)6-2/h7-9H,5-6,10-11H2,1-4H3,(H,17,20). The fraction of sp³-hybridized carbons (Fsp3) is 0.500. The second-order valence-corrected chi connectivity index (χ2v) is 4.81. The predicted octanol–water partition coefficient (Wildman–Crippen LogP) is 2.44. The number of anilines is 1. The third kappa shape index (κ3) is 4.08. The SMILES string of the molecule is CCC(=O)NCCN(C(C)=O)c1c(C)cccc1CC. The van der Waals surface area contributed by atoms with Crippen molar-refractivity contribution in [3.63, 3.8) is 0 Å². The van der Waals surface area contributed by atoms with E-state index in [0.717, 1.165) is 23.2 Å². The second kappa shape index (κ2) is 7.68. The van der Waals surface area contributed by atoms with E-state index >= 15 is 0 Å². The van der Waals surface area contributed by atoms with E-state index < -0.39 is 0 Å². The number of carbonyl (C=O) groups excluding carboxylic acids is 2. The largest absolute Gasteiger partial charge is 0.354 e. The van der Waals surface area contributed by atoms with Crippen LogP contribution in [0.15, 0.2) is 18.2 Å². The summed E-state index contributed by atoms with van der Waals surface area (Å²) in [6.45, 7) is 8.44. The number of nitrogens with zero attached hydrogens (tertiary/aromatic N) is 1. The van der Waals surface area contributed by atoms with Crippen LogP contribution in [0.5, 0.6) is 0 Å². The molecule has 1 aromatic carbocycles. The molecule has 110 valence electrons. The van der Waals surface area contributed by atoms with Crippen molar-refractivity contribution >= 4 is 17.5 Å². The molecule has 0 saturated heterocycles. The molecule has 0 unspecified atom stereocenters. The Morgan fingerprint density at radius 3 is 2.50 bits per heavy atom. The fourth-order valence-corrected chi connectivity index (χ4v) is 2.25. The summed E-state index contributed by atoms with van der Waals surface area (Å²) < 4.78 is 0. The number of rotatable bonds is 6. The minimum atomic E-state index is -0.000234. The van der Waals surface area contributed by atoms with E-state index in [1.165, 1.54) is 0 Å². The van der Waals surface area contributed by atoms with Gasteiger partial charge in [0.05, 0.1) is 0 Å². The molecule has 0 atom stereocenters. The highest BCUT2D eigenvalue weighted by Crippen LogP contribution is 2.25. The van der Waals surface area contributed by atoms with E-state index in [-0.39, 0.29) is 11.8 Å². The van der Waals surface area contributed by atoms with Crippen LogP contribution >= 0.6 is 0 Å². The van der Waals surface area contributed by atoms with Crippen molar-refractivity contribution in [2.45, 2.75) is 40.5 Å². The van der Waals surface area contributed by atoms with Crippen molar-refractivity contribution in [2.24, 2.45) is 0 Å². The van der Waals surface area contributed by atoms with Gasteiger partial charge in [-0.3, -0.25) is 9.59 Å².